The third kappa shape index (κ3) is 4.30. The molecule has 0 radical (unpaired) electrons. The second kappa shape index (κ2) is 6.40. The third-order valence-electron chi connectivity index (χ3n) is 2.33. The molecule has 0 saturated carbocycles. The first-order chi connectivity index (χ1) is 7.26. The van der Waals surface area contributed by atoms with Crippen molar-refractivity contribution < 1.29 is 0 Å². The lowest BCUT2D eigenvalue weighted by Gasteiger charge is -2.20. The molecule has 0 spiro atoms. The van der Waals surface area contributed by atoms with Gasteiger partial charge in [-0.1, -0.05) is 13.8 Å². The zero-order chi connectivity index (χ0) is 11.1. The summed E-state index contributed by atoms with van der Waals surface area (Å²) >= 11 is 0. The molecular formula is C12H20N2O. The average molecular weight is 208 g/mol. The Morgan fingerprint density at radius 3 is 2.47 bits per heavy atom. The summed E-state index contributed by atoms with van der Waals surface area (Å²) in [6.45, 7) is 7.44. The Morgan fingerprint density at radius 2 is 1.93 bits per heavy atom. The molecule has 0 aromatic carbocycles. The number of rotatable bonds is 6. The summed E-state index contributed by atoms with van der Waals surface area (Å²) in [5, 5.41) is 0. The lowest BCUT2D eigenvalue weighted by atomic mass is 10.2. The number of pyridine rings is 1. The van der Waals surface area contributed by atoms with Crippen LogP contribution in [0.25, 0.3) is 0 Å². The second-order valence-corrected chi connectivity index (χ2v) is 3.84. The molecule has 0 aliphatic rings. The van der Waals surface area contributed by atoms with E-state index < -0.39 is 0 Å². The minimum Gasteiger partial charge on any atom is -0.329 e. The van der Waals surface area contributed by atoms with Gasteiger partial charge in [0, 0.05) is 18.8 Å². The molecule has 0 saturated heterocycles. The fraction of sp³-hybridized carbons (Fsp3) is 0.583. The van der Waals surface area contributed by atoms with Gasteiger partial charge >= 0.3 is 0 Å². The number of aromatic nitrogens is 1. The van der Waals surface area contributed by atoms with E-state index in [0.29, 0.717) is 0 Å². The van der Waals surface area contributed by atoms with Crippen LogP contribution in [0.4, 0.5) is 0 Å². The first kappa shape index (κ1) is 12.0. The highest BCUT2D eigenvalue weighted by Crippen LogP contribution is 2.03. The van der Waals surface area contributed by atoms with Gasteiger partial charge in [-0.3, -0.25) is 9.69 Å². The van der Waals surface area contributed by atoms with E-state index in [-0.39, 0.29) is 5.56 Å². The summed E-state index contributed by atoms with van der Waals surface area (Å²) in [6.07, 6.45) is 4.03. The van der Waals surface area contributed by atoms with E-state index in [1.807, 2.05) is 6.07 Å². The second-order valence-electron chi connectivity index (χ2n) is 3.84. The molecule has 15 heavy (non-hydrogen) atoms. The number of nitrogens with one attached hydrogen (secondary N) is 1. The largest absolute Gasteiger partial charge is 0.329 e. The van der Waals surface area contributed by atoms with Crippen molar-refractivity contribution >= 4 is 0 Å². The molecule has 0 unspecified atom stereocenters. The van der Waals surface area contributed by atoms with Gasteiger partial charge < -0.3 is 4.98 Å². The van der Waals surface area contributed by atoms with E-state index in [1.54, 1.807) is 12.3 Å². The van der Waals surface area contributed by atoms with Crippen LogP contribution in [0.1, 0.15) is 32.3 Å². The highest BCUT2D eigenvalue weighted by atomic mass is 16.1. The Hall–Kier alpha value is -1.09. The molecule has 3 heteroatoms. The molecule has 1 aromatic heterocycles. The Bertz CT molecular complexity index is 326. The monoisotopic (exact) mass is 208 g/mol. The standard InChI is InChI=1S/C12H20N2O/c1-3-7-14(8-4-2)10-11-5-6-13-12(15)9-11/h5-6,9H,3-4,7-8,10H2,1-2H3,(H,13,15). The van der Waals surface area contributed by atoms with E-state index in [1.165, 1.54) is 0 Å². The summed E-state index contributed by atoms with van der Waals surface area (Å²) in [6, 6.07) is 3.65. The van der Waals surface area contributed by atoms with Crippen LogP contribution in [-0.2, 0) is 6.54 Å². The van der Waals surface area contributed by atoms with E-state index in [0.717, 1.165) is 38.0 Å². The molecule has 1 heterocycles. The van der Waals surface area contributed by atoms with Gasteiger partial charge in [0.25, 0.3) is 0 Å². The average Bonchev–Trinajstić information content (AvgIpc) is 2.18. The lowest BCUT2D eigenvalue weighted by Crippen LogP contribution is -2.25. The molecular weight excluding hydrogens is 188 g/mol. The number of hydrogen-bond acceptors (Lipinski definition) is 2. The van der Waals surface area contributed by atoms with Crippen molar-refractivity contribution in [2.24, 2.45) is 0 Å². The van der Waals surface area contributed by atoms with Crippen LogP contribution < -0.4 is 5.56 Å². The molecule has 0 aliphatic carbocycles. The van der Waals surface area contributed by atoms with Crippen LogP contribution >= 0.6 is 0 Å². The topological polar surface area (TPSA) is 36.1 Å². The highest BCUT2D eigenvalue weighted by Gasteiger charge is 2.03. The molecule has 1 rings (SSSR count). The van der Waals surface area contributed by atoms with Gasteiger partial charge in [0.05, 0.1) is 0 Å². The van der Waals surface area contributed by atoms with E-state index in [4.69, 9.17) is 0 Å². The van der Waals surface area contributed by atoms with Crippen LogP contribution in [0, 0.1) is 0 Å². The van der Waals surface area contributed by atoms with Gasteiger partial charge in [0.15, 0.2) is 0 Å². The molecule has 0 aliphatic heterocycles. The normalized spacial score (nSPS) is 10.9. The number of hydrogen-bond donors (Lipinski definition) is 1. The van der Waals surface area contributed by atoms with Crippen molar-refractivity contribution in [1.29, 1.82) is 0 Å². The van der Waals surface area contributed by atoms with Crippen molar-refractivity contribution in [2.45, 2.75) is 33.2 Å². The van der Waals surface area contributed by atoms with Crippen molar-refractivity contribution in [1.82, 2.24) is 9.88 Å². The van der Waals surface area contributed by atoms with Crippen molar-refractivity contribution in [3.05, 3.63) is 34.2 Å². The van der Waals surface area contributed by atoms with E-state index in [2.05, 4.69) is 23.7 Å². The maximum absolute atomic E-state index is 11.1. The smallest absolute Gasteiger partial charge is 0.248 e. The number of aromatic amines is 1. The van der Waals surface area contributed by atoms with Gasteiger partial charge in [-0.2, -0.15) is 0 Å². The lowest BCUT2D eigenvalue weighted by molar-refractivity contribution is 0.266. The minimum atomic E-state index is -0.0135. The maximum atomic E-state index is 11.1. The zero-order valence-electron chi connectivity index (χ0n) is 9.62. The highest BCUT2D eigenvalue weighted by molar-refractivity contribution is 5.09. The first-order valence-corrected chi connectivity index (χ1v) is 5.66. The van der Waals surface area contributed by atoms with E-state index >= 15 is 0 Å². The summed E-state index contributed by atoms with van der Waals surface area (Å²) in [7, 11) is 0. The molecule has 0 amide bonds. The summed E-state index contributed by atoms with van der Waals surface area (Å²) < 4.78 is 0. The predicted octanol–water partition coefficient (Wildman–Crippen LogP) is 2.00. The van der Waals surface area contributed by atoms with Gasteiger partial charge in [-0.25, -0.2) is 0 Å². The van der Waals surface area contributed by atoms with E-state index in [9.17, 15) is 4.79 Å². The number of nitrogens with zero attached hydrogens (tertiary/aromatic N) is 1. The molecule has 0 atom stereocenters. The Balaban J connectivity index is 2.60. The van der Waals surface area contributed by atoms with Crippen molar-refractivity contribution in [3.63, 3.8) is 0 Å². The number of H-pyrrole nitrogens is 1. The molecule has 0 bridgehead atoms. The van der Waals surface area contributed by atoms with Crippen LogP contribution in [0.15, 0.2) is 23.1 Å². The summed E-state index contributed by atoms with van der Waals surface area (Å²) in [4.78, 5) is 16.1. The van der Waals surface area contributed by atoms with Gasteiger partial charge in [0.1, 0.15) is 0 Å². The van der Waals surface area contributed by atoms with Crippen LogP contribution in [0.3, 0.4) is 0 Å². The zero-order valence-corrected chi connectivity index (χ0v) is 9.62. The molecule has 1 aromatic rings. The molecule has 84 valence electrons. The maximum Gasteiger partial charge on any atom is 0.248 e. The van der Waals surface area contributed by atoms with Crippen LogP contribution in [0.2, 0.25) is 0 Å². The van der Waals surface area contributed by atoms with Crippen LogP contribution in [0.5, 0.6) is 0 Å². The van der Waals surface area contributed by atoms with Crippen molar-refractivity contribution in [3.8, 4) is 0 Å². The van der Waals surface area contributed by atoms with Gasteiger partial charge in [-0.05, 0) is 37.6 Å². The summed E-state index contributed by atoms with van der Waals surface area (Å²) in [5.41, 5.74) is 1.08. The van der Waals surface area contributed by atoms with Crippen LogP contribution in [-0.4, -0.2) is 23.0 Å². The Kier molecular flexibility index (Phi) is 5.12. The third-order valence-corrected chi connectivity index (χ3v) is 2.33. The SMILES string of the molecule is CCCN(CCC)Cc1cc[nH]c(=O)c1. The fourth-order valence-electron chi connectivity index (χ4n) is 1.75. The summed E-state index contributed by atoms with van der Waals surface area (Å²) in [5.74, 6) is 0. The predicted molar refractivity (Wildman–Crippen MR) is 62.9 cm³/mol. The first-order valence-electron chi connectivity index (χ1n) is 5.66. The molecule has 3 nitrogen and oxygen atoms in total. The fourth-order valence-corrected chi connectivity index (χ4v) is 1.75. The van der Waals surface area contributed by atoms with Crippen molar-refractivity contribution in [2.75, 3.05) is 13.1 Å². The Morgan fingerprint density at radius 1 is 1.27 bits per heavy atom. The van der Waals surface area contributed by atoms with Gasteiger partial charge in [0.2, 0.25) is 5.56 Å². The van der Waals surface area contributed by atoms with Gasteiger partial charge in [-0.15, -0.1) is 0 Å². The molecule has 0 fully saturated rings. The minimum absolute atomic E-state index is 0.0135. The Labute approximate surface area is 91.1 Å². The quantitative estimate of drug-likeness (QED) is 0.776. The molecule has 1 N–H and O–H groups in total.